The van der Waals surface area contributed by atoms with E-state index in [9.17, 15) is 24.6 Å². The normalized spacial score (nSPS) is 34.7. The summed E-state index contributed by atoms with van der Waals surface area (Å²) in [7, 11) is 0. The number of aliphatic hydroxyl groups is 1. The molecule has 3 fully saturated rings. The van der Waals surface area contributed by atoms with Crippen LogP contribution >= 0.6 is 0 Å². The van der Waals surface area contributed by atoms with Gasteiger partial charge in [-0.25, -0.2) is 0 Å². The molecular formula is C26H34N2O6. The zero-order valence-corrected chi connectivity index (χ0v) is 20.0. The number of benzene rings is 1. The fraction of sp³-hybridized carbons (Fsp3) is 0.577. The molecule has 1 spiro atoms. The fourth-order valence-corrected chi connectivity index (χ4v) is 6.50. The third kappa shape index (κ3) is 3.38. The first-order chi connectivity index (χ1) is 16.2. The van der Waals surface area contributed by atoms with Crippen molar-refractivity contribution < 1.29 is 29.3 Å². The fourth-order valence-electron chi connectivity index (χ4n) is 6.50. The van der Waals surface area contributed by atoms with Crippen LogP contribution in [0.3, 0.4) is 0 Å². The predicted octanol–water partition coefficient (Wildman–Crippen LogP) is 2.07. The number of hydrogen-bond donors (Lipinski definition) is 2. The zero-order valence-electron chi connectivity index (χ0n) is 20.0. The molecule has 34 heavy (non-hydrogen) atoms. The highest BCUT2D eigenvalue weighted by Crippen LogP contribution is 2.65. The van der Waals surface area contributed by atoms with Crippen LogP contribution in [0.2, 0.25) is 0 Å². The lowest BCUT2D eigenvalue weighted by Crippen LogP contribution is -2.58. The summed E-state index contributed by atoms with van der Waals surface area (Å²) < 4.78 is 6.51. The average Bonchev–Trinajstić information content (AvgIpc) is 3.32. The predicted molar refractivity (Wildman–Crippen MR) is 124 cm³/mol. The number of aliphatic hydroxyl groups excluding tert-OH is 1. The van der Waals surface area contributed by atoms with Crippen molar-refractivity contribution in [3.63, 3.8) is 0 Å². The van der Waals surface area contributed by atoms with Gasteiger partial charge in [-0.05, 0) is 31.2 Å². The van der Waals surface area contributed by atoms with Gasteiger partial charge in [-0.3, -0.25) is 14.4 Å². The third-order valence-electron chi connectivity index (χ3n) is 8.21. The lowest BCUT2D eigenvalue weighted by atomic mass is 9.62. The van der Waals surface area contributed by atoms with Crippen molar-refractivity contribution in [1.29, 1.82) is 0 Å². The average molecular weight is 471 g/mol. The molecule has 184 valence electrons. The van der Waals surface area contributed by atoms with Gasteiger partial charge in [0.1, 0.15) is 17.6 Å². The number of carbonyl (C=O) groups excluding carboxylic acids is 2. The van der Waals surface area contributed by atoms with Crippen LogP contribution < -0.4 is 0 Å². The Morgan fingerprint density at radius 1 is 1.35 bits per heavy atom. The Morgan fingerprint density at radius 3 is 2.59 bits per heavy atom. The zero-order chi connectivity index (χ0) is 24.8. The second kappa shape index (κ2) is 8.82. The van der Waals surface area contributed by atoms with Crippen molar-refractivity contribution in [2.75, 3.05) is 13.2 Å². The molecule has 7 atom stereocenters. The van der Waals surface area contributed by atoms with Crippen LogP contribution in [0.15, 0.2) is 43.0 Å². The van der Waals surface area contributed by atoms with Crippen molar-refractivity contribution in [2.24, 2.45) is 17.8 Å². The second-order valence-corrected chi connectivity index (χ2v) is 10.0. The van der Waals surface area contributed by atoms with E-state index in [-0.39, 0.29) is 25.0 Å². The van der Waals surface area contributed by atoms with Crippen LogP contribution in [0.1, 0.15) is 39.2 Å². The second-order valence-electron chi connectivity index (χ2n) is 10.0. The summed E-state index contributed by atoms with van der Waals surface area (Å²) in [6.45, 7) is 9.56. The van der Waals surface area contributed by atoms with Gasteiger partial charge in [0, 0.05) is 13.1 Å². The molecule has 3 saturated heterocycles. The minimum absolute atomic E-state index is 0.149. The molecule has 0 radical (unpaired) electrons. The minimum atomic E-state index is -1.25. The Bertz CT molecular complexity index is 979. The molecule has 0 aliphatic carbocycles. The summed E-state index contributed by atoms with van der Waals surface area (Å²) in [6, 6.07) is 7.91. The third-order valence-corrected chi connectivity index (χ3v) is 8.21. The van der Waals surface area contributed by atoms with Gasteiger partial charge in [0.05, 0.1) is 24.2 Å². The van der Waals surface area contributed by atoms with E-state index < -0.39 is 47.0 Å². The molecule has 1 aromatic rings. The molecular weight excluding hydrogens is 436 g/mol. The summed E-state index contributed by atoms with van der Waals surface area (Å²) in [5.41, 5.74) is -1.36. The summed E-state index contributed by atoms with van der Waals surface area (Å²) in [5.74, 6) is -3.99. The summed E-state index contributed by atoms with van der Waals surface area (Å²) in [6.07, 6.45) is 2.47. The number of aliphatic carboxylic acids is 1. The largest absolute Gasteiger partial charge is 0.481 e. The summed E-state index contributed by atoms with van der Waals surface area (Å²) in [5, 5.41) is 20.2. The molecule has 2 bridgehead atoms. The van der Waals surface area contributed by atoms with Crippen molar-refractivity contribution >= 4 is 17.8 Å². The van der Waals surface area contributed by atoms with Crippen molar-refractivity contribution in [3.05, 3.63) is 48.6 Å². The number of carboxylic acids is 1. The van der Waals surface area contributed by atoms with Gasteiger partial charge in [-0.15, -0.1) is 6.58 Å². The number of likely N-dealkylation sites (tertiary alicyclic amines) is 1. The Hall–Kier alpha value is -2.71. The maximum Gasteiger partial charge on any atom is 0.310 e. The Labute approximate surface area is 200 Å². The highest BCUT2D eigenvalue weighted by atomic mass is 16.5. The molecule has 8 nitrogen and oxygen atoms in total. The monoisotopic (exact) mass is 470 g/mol. The molecule has 2 amide bonds. The maximum absolute atomic E-state index is 14.2. The lowest BCUT2D eigenvalue weighted by molar-refractivity contribution is -0.160. The first-order valence-corrected chi connectivity index (χ1v) is 12.0. The number of amides is 2. The molecule has 1 aromatic carbocycles. The van der Waals surface area contributed by atoms with Gasteiger partial charge in [0.2, 0.25) is 11.8 Å². The Kier molecular flexibility index (Phi) is 6.33. The van der Waals surface area contributed by atoms with E-state index in [4.69, 9.17) is 4.74 Å². The first kappa shape index (κ1) is 24.4. The molecule has 2 N–H and O–H groups in total. The number of nitrogens with zero attached hydrogens (tertiary/aromatic N) is 2. The Morgan fingerprint density at radius 2 is 2.03 bits per heavy atom. The van der Waals surface area contributed by atoms with Gasteiger partial charge in [0.25, 0.3) is 0 Å². The van der Waals surface area contributed by atoms with E-state index in [1.54, 1.807) is 17.9 Å². The first-order valence-electron chi connectivity index (χ1n) is 12.0. The molecule has 0 aromatic heterocycles. The van der Waals surface area contributed by atoms with E-state index in [2.05, 4.69) is 6.58 Å². The van der Waals surface area contributed by atoms with E-state index in [0.717, 1.165) is 5.56 Å². The summed E-state index contributed by atoms with van der Waals surface area (Å²) >= 11 is 0. The SMILES string of the molecule is C=CCN(Cc1ccccc1)C(=O)C1N([C@@H](CC)CO)C(=O)[C@@H]2[C@H](C(=O)O)[C@@]3(C)OC12CC3C. The van der Waals surface area contributed by atoms with E-state index in [0.29, 0.717) is 19.4 Å². The van der Waals surface area contributed by atoms with Crippen LogP contribution in [0, 0.1) is 17.8 Å². The quantitative estimate of drug-likeness (QED) is 0.535. The van der Waals surface area contributed by atoms with Crippen molar-refractivity contribution in [1.82, 2.24) is 9.80 Å². The number of carbonyl (C=O) groups is 3. The minimum Gasteiger partial charge on any atom is -0.481 e. The van der Waals surface area contributed by atoms with E-state index in [1.165, 1.54) is 4.90 Å². The van der Waals surface area contributed by atoms with Gasteiger partial charge in [0.15, 0.2) is 0 Å². The van der Waals surface area contributed by atoms with Crippen molar-refractivity contribution in [3.8, 4) is 0 Å². The smallest absolute Gasteiger partial charge is 0.310 e. The molecule has 4 rings (SSSR count). The van der Waals surface area contributed by atoms with E-state index >= 15 is 0 Å². The highest BCUT2D eigenvalue weighted by Gasteiger charge is 2.80. The van der Waals surface area contributed by atoms with Gasteiger partial charge in [-0.2, -0.15) is 0 Å². The van der Waals surface area contributed by atoms with Gasteiger partial charge in [-0.1, -0.05) is 50.3 Å². The van der Waals surface area contributed by atoms with Crippen LogP contribution in [-0.2, 0) is 25.7 Å². The van der Waals surface area contributed by atoms with Crippen LogP contribution in [-0.4, -0.2) is 74.2 Å². The molecule has 3 unspecified atom stereocenters. The molecule has 8 heteroatoms. The molecule has 3 aliphatic heterocycles. The summed E-state index contributed by atoms with van der Waals surface area (Å²) in [4.78, 5) is 43.5. The molecule has 3 aliphatic rings. The lowest BCUT2D eigenvalue weighted by Gasteiger charge is -2.39. The standard InChI is InChI=1S/C26H34N2O6/c1-5-12-27(14-17-10-8-7-9-11-17)23(31)21-26-13-16(3)25(4,34-26)20(24(32)33)19(26)22(30)28(21)18(6-2)15-29/h5,7-11,16,18-21,29H,1,6,12-15H2,2-4H3,(H,32,33)/t16?,18-,19-,20+,21?,25-,26?/m0/s1. The van der Waals surface area contributed by atoms with E-state index in [1.807, 2.05) is 44.2 Å². The number of hydrogen-bond acceptors (Lipinski definition) is 5. The number of fused-ring (bicyclic) bond motifs is 1. The molecule has 0 saturated carbocycles. The van der Waals surface area contributed by atoms with Crippen molar-refractivity contribution in [2.45, 2.75) is 63.4 Å². The maximum atomic E-state index is 14.2. The van der Waals surface area contributed by atoms with Crippen LogP contribution in [0.5, 0.6) is 0 Å². The van der Waals surface area contributed by atoms with Crippen LogP contribution in [0.4, 0.5) is 0 Å². The van der Waals surface area contributed by atoms with Gasteiger partial charge >= 0.3 is 5.97 Å². The van der Waals surface area contributed by atoms with Crippen LogP contribution in [0.25, 0.3) is 0 Å². The van der Waals surface area contributed by atoms with Gasteiger partial charge < -0.3 is 24.7 Å². The number of rotatable bonds is 9. The number of carboxylic acid groups (broad SMARTS) is 1. The topological polar surface area (TPSA) is 107 Å². The Balaban J connectivity index is 1.82. The highest BCUT2D eigenvalue weighted by molar-refractivity contribution is 5.98. The molecule has 3 heterocycles. The number of ether oxygens (including phenoxy) is 1.